The molecule has 4 heteroatoms. The van der Waals surface area contributed by atoms with Crippen molar-refractivity contribution in [1.29, 1.82) is 0 Å². The molecule has 2 aromatic rings. The zero-order valence-electron chi connectivity index (χ0n) is 17.9. The lowest BCUT2D eigenvalue weighted by molar-refractivity contribution is 0.402. The van der Waals surface area contributed by atoms with E-state index in [2.05, 4.69) is 53.7 Å². The maximum atomic E-state index is 13.8. The Kier molecular flexibility index (Phi) is 6.39. The highest BCUT2D eigenvalue weighted by Crippen LogP contribution is 2.36. The van der Waals surface area contributed by atoms with Gasteiger partial charge in [0, 0.05) is 17.4 Å². The number of phenols is 1. The van der Waals surface area contributed by atoms with Crippen molar-refractivity contribution in [2.24, 2.45) is 0 Å². The molecule has 0 bridgehead atoms. The second-order valence-electron chi connectivity index (χ2n) is 9.58. The van der Waals surface area contributed by atoms with Crippen LogP contribution in [-0.4, -0.2) is 24.1 Å². The molecule has 2 nitrogen and oxygen atoms in total. The van der Waals surface area contributed by atoms with Gasteiger partial charge >= 0.3 is 0 Å². The molecule has 2 rings (SSSR count). The highest BCUT2D eigenvalue weighted by molar-refractivity contribution is 7.55. The summed E-state index contributed by atoms with van der Waals surface area (Å²) in [5.41, 5.74) is 2.98. The number of rotatable bonds is 4. The average Bonchev–Trinajstić information content (AvgIpc) is 2.48. The van der Waals surface area contributed by atoms with Gasteiger partial charge in [-0.15, -0.1) is 0 Å². The Morgan fingerprint density at radius 3 is 2.07 bits per heavy atom. The van der Waals surface area contributed by atoms with Crippen molar-refractivity contribution >= 4 is 19.2 Å². The summed E-state index contributed by atoms with van der Waals surface area (Å²) in [6, 6.07) is 9.22. The summed E-state index contributed by atoms with van der Waals surface area (Å²) in [4.78, 5) is 2.04. The van der Waals surface area contributed by atoms with Gasteiger partial charge in [-0.05, 0) is 59.6 Å². The predicted octanol–water partition coefficient (Wildman–Crippen LogP) is 4.82. The molecule has 1 unspecified atom stereocenters. The molecule has 27 heavy (non-hydrogen) atoms. The van der Waals surface area contributed by atoms with E-state index in [0.717, 1.165) is 21.7 Å². The number of aromatic hydroxyl groups is 1. The Balaban J connectivity index is 2.59. The smallest absolute Gasteiger partial charge is 0.127 e. The van der Waals surface area contributed by atoms with Crippen LogP contribution < -0.4 is 10.6 Å². The van der Waals surface area contributed by atoms with Crippen molar-refractivity contribution < 1.29 is 9.50 Å². The fourth-order valence-electron chi connectivity index (χ4n) is 3.04. The van der Waals surface area contributed by atoms with Crippen LogP contribution >= 0.6 is 8.58 Å². The standard InChI is InChI=1S/C23H33FNOP/c1-22(2,3)16-12-18(23(4,5)6)21(26)20(13-16)27-19-10-9-17(24)11-15(19)14-25(7)8/h9-13,26-27H,14H2,1-8H3. The number of hydrogen-bond donors (Lipinski definition) is 1. The van der Waals surface area contributed by atoms with Crippen molar-refractivity contribution in [2.75, 3.05) is 14.1 Å². The number of hydrogen-bond acceptors (Lipinski definition) is 2. The fourth-order valence-corrected chi connectivity index (χ4v) is 4.28. The minimum Gasteiger partial charge on any atom is -0.507 e. The molecule has 0 saturated heterocycles. The van der Waals surface area contributed by atoms with E-state index < -0.39 is 0 Å². The van der Waals surface area contributed by atoms with Crippen LogP contribution in [0.2, 0.25) is 0 Å². The number of nitrogens with zero attached hydrogens (tertiary/aromatic N) is 1. The normalized spacial score (nSPS) is 13.1. The summed E-state index contributed by atoms with van der Waals surface area (Å²) in [7, 11) is 4.24. The summed E-state index contributed by atoms with van der Waals surface area (Å²) in [5, 5.41) is 13.0. The van der Waals surface area contributed by atoms with Gasteiger partial charge in [-0.1, -0.05) is 62.3 Å². The van der Waals surface area contributed by atoms with Crippen molar-refractivity contribution in [2.45, 2.75) is 58.9 Å². The van der Waals surface area contributed by atoms with E-state index in [0.29, 0.717) is 12.3 Å². The lowest BCUT2D eigenvalue weighted by Gasteiger charge is -2.28. The van der Waals surface area contributed by atoms with E-state index in [9.17, 15) is 9.50 Å². The van der Waals surface area contributed by atoms with E-state index in [-0.39, 0.29) is 25.2 Å². The molecule has 1 N–H and O–H groups in total. The molecule has 148 valence electrons. The molecule has 0 aliphatic carbocycles. The van der Waals surface area contributed by atoms with Gasteiger partial charge in [0.1, 0.15) is 11.6 Å². The first kappa shape index (κ1) is 21.9. The van der Waals surface area contributed by atoms with Crippen LogP contribution in [0.25, 0.3) is 0 Å². The largest absolute Gasteiger partial charge is 0.507 e. The van der Waals surface area contributed by atoms with E-state index in [1.165, 1.54) is 11.6 Å². The lowest BCUT2D eigenvalue weighted by Crippen LogP contribution is -2.22. The summed E-state index contributed by atoms with van der Waals surface area (Å²) < 4.78 is 13.8. The Labute approximate surface area is 165 Å². The number of halogens is 1. The molecule has 0 aromatic heterocycles. The van der Waals surface area contributed by atoms with Crippen LogP contribution in [0.4, 0.5) is 4.39 Å². The molecule has 0 aliphatic rings. The van der Waals surface area contributed by atoms with Crippen LogP contribution in [0.1, 0.15) is 58.2 Å². The van der Waals surface area contributed by atoms with Crippen LogP contribution in [-0.2, 0) is 17.4 Å². The molecule has 1 atom stereocenters. The van der Waals surface area contributed by atoms with Crippen molar-refractivity contribution in [1.82, 2.24) is 4.90 Å². The van der Waals surface area contributed by atoms with Crippen LogP contribution in [0.15, 0.2) is 30.3 Å². The molecule has 0 saturated carbocycles. The molecular formula is C23H33FNOP. The Morgan fingerprint density at radius 2 is 1.56 bits per heavy atom. The summed E-state index contributed by atoms with van der Waals surface area (Å²) in [6.07, 6.45) is 0. The van der Waals surface area contributed by atoms with E-state index in [1.54, 1.807) is 6.07 Å². The highest BCUT2D eigenvalue weighted by Gasteiger charge is 2.25. The molecule has 0 fully saturated rings. The third kappa shape index (κ3) is 5.53. The third-order valence-corrected chi connectivity index (χ3v) is 6.01. The van der Waals surface area contributed by atoms with Gasteiger partial charge in [0.25, 0.3) is 0 Å². The van der Waals surface area contributed by atoms with Crippen molar-refractivity contribution in [3.05, 3.63) is 52.8 Å². The van der Waals surface area contributed by atoms with Gasteiger partial charge in [0.2, 0.25) is 0 Å². The van der Waals surface area contributed by atoms with Crippen LogP contribution in [0, 0.1) is 5.82 Å². The van der Waals surface area contributed by atoms with Gasteiger partial charge in [-0.25, -0.2) is 4.39 Å². The van der Waals surface area contributed by atoms with Crippen molar-refractivity contribution in [3.63, 3.8) is 0 Å². The predicted molar refractivity (Wildman–Crippen MR) is 117 cm³/mol. The monoisotopic (exact) mass is 389 g/mol. The zero-order valence-corrected chi connectivity index (χ0v) is 18.9. The number of phenolic OH excluding ortho intramolecular Hbond substituents is 1. The first-order chi connectivity index (χ1) is 12.3. The molecular weight excluding hydrogens is 356 g/mol. The first-order valence-corrected chi connectivity index (χ1v) is 10.4. The van der Waals surface area contributed by atoms with Gasteiger partial charge < -0.3 is 10.0 Å². The van der Waals surface area contributed by atoms with E-state index >= 15 is 0 Å². The van der Waals surface area contributed by atoms with Crippen molar-refractivity contribution in [3.8, 4) is 5.75 Å². The number of benzene rings is 2. The molecule has 0 aliphatic heterocycles. The lowest BCUT2D eigenvalue weighted by atomic mass is 9.80. The molecule has 0 radical (unpaired) electrons. The van der Waals surface area contributed by atoms with Crippen LogP contribution in [0.5, 0.6) is 5.75 Å². The third-order valence-electron chi connectivity index (χ3n) is 4.61. The minimum atomic E-state index is -0.219. The van der Waals surface area contributed by atoms with Gasteiger partial charge in [-0.2, -0.15) is 0 Å². The second-order valence-corrected chi connectivity index (χ2v) is 10.9. The van der Waals surface area contributed by atoms with E-state index in [4.69, 9.17) is 0 Å². The Bertz CT molecular complexity index is 816. The second kappa shape index (κ2) is 7.89. The minimum absolute atomic E-state index is 0.0117. The Morgan fingerprint density at radius 1 is 0.926 bits per heavy atom. The molecule has 2 aromatic carbocycles. The first-order valence-electron chi connectivity index (χ1n) is 9.37. The van der Waals surface area contributed by atoms with Crippen LogP contribution in [0.3, 0.4) is 0 Å². The molecule has 0 amide bonds. The summed E-state index contributed by atoms with van der Waals surface area (Å²) >= 11 is 0. The van der Waals surface area contributed by atoms with E-state index in [1.807, 2.05) is 25.1 Å². The SMILES string of the molecule is CN(C)Cc1cc(F)ccc1Pc1cc(C(C)(C)C)cc(C(C)(C)C)c1O. The Hall–Kier alpha value is -1.44. The van der Waals surface area contributed by atoms with Gasteiger partial charge in [-0.3, -0.25) is 0 Å². The van der Waals surface area contributed by atoms with Gasteiger partial charge in [0.05, 0.1) is 0 Å². The quantitative estimate of drug-likeness (QED) is 0.758. The molecule has 0 heterocycles. The summed E-state index contributed by atoms with van der Waals surface area (Å²) in [5.74, 6) is 0.150. The zero-order chi connectivity index (χ0) is 20.6. The maximum absolute atomic E-state index is 13.8. The van der Waals surface area contributed by atoms with Gasteiger partial charge in [0.15, 0.2) is 0 Å². The highest BCUT2D eigenvalue weighted by atomic mass is 31.1. The topological polar surface area (TPSA) is 23.5 Å². The maximum Gasteiger partial charge on any atom is 0.127 e. The average molecular weight is 389 g/mol. The fraction of sp³-hybridized carbons (Fsp3) is 0.478. The molecule has 0 spiro atoms. The summed E-state index contributed by atoms with van der Waals surface area (Å²) in [6.45, 7) is 13.6.